The van der Waals surface area contributed by atoms with Crippen LogP contribution in [0.5, 0.6) is 0 Å². The van der Waals surface area contributed by atoms with Crippen molar-refractivity contribution in [1.29, 1.82) is 0 Å². The zero-order valence-corrected chi connectivity index (χ0v) is 16.3. The first kappa shape index (κ1) is 16.0. The molecule has 1 heterocycles. The zero-order valence-electron chi connectivity index (χ0n) is 10.0. The summed E-state index contributed by atoms with van der Waals surface area (Å²) in [6.45, 7) is 2.99. The highest BCUT2D eigenvalue weighted by Gasteiger charge is 2.19. The smallest absolute Gasteiger partial charge is 0.0888 e. The third-order valence-corrected chi connectivity index (χ3v) is 6.35. The van der Waals surface area contributed by atoms with E-state index in [0.29, 0.717) is 0 Å². The fourth-order valence-electron chi connectivity index (χ4n) is 1.81. The van der Waals surface area contributed by atoms with Crippen LogP contribution in [-0.2, 0) is 0 Å². The summed E-state index contributed by atoms with van der Waals surface area (Å²) in [6, 6.07) is 8.38. The van der Waals surface area contributed by atoms with E-state index in [1.807, 2.05) is 6.07 Å². The van der Waals surface area contributed by atoms with Crippen molar-refractivity contribution in [1.82, 2.24) is 5.32 Å². The molecule has 1 nitrogen and oxygen atoms in total. The molecule has 0 spiro atoms. The molecule has 6 heteroatoms. The molecule has 0 amide bonds. The summed E-state index contributed by atoms with van der Waals surface area (Å²) in [5, 5.41) is 4.26. The average Bonchev–Trinajstić information content (AvgIpc) is 2.67. The van der Waals surface area contributed by atoms with Crippen molar-refractivity contribution < 1.29 is 0 Å². The fourth-order valence-corrected chi connectivity index (χ4v) is 4.93. The number of hydrogen-bond donors (Lipinski definition) is 1. The van der Waals surface area contributed by atoms with Gasteiger partial charge in [0.1, 0.15) is 0 Å². The SMILES string of the molecule is CCNC(c1cc(Cl)c(Br)s1)c1ccc(Br)cc1Br. The van der Waals surface area contributed by atoms with E-state index in [1.54, 1.807) is 11.3 Å². The zero-order chi connectivity index (χ0) is 14.0. The summed E-state index contributed by atoms with van der Waals surface area (Å²) < 4.78 is 3.11. The second kappa shape index (κ2) is 7.05. The van der Waals surface area contributed by atoms with Crippen molar-refractivity contribution in [3.8, 4) is 0 Å². The maximum absolute atomic E-state index is 6.14. The number of hydrogen-bond acceptors (Lipinski definition) is 2. The van der Waals surface area contributed by atoms with Gasteiger partial charge in [-0.3, -0.25) is 0 Å². The minimum atomic E-state index is 0.140. The third kappa shape index (κ3) is 3.83. The van der Waals surface area contributed by atoms with Crippen molar-refractivity contribution in [3.05, 3.63) is 52.5 Å². The Kier molecular flexibility index (Phi) is 5.93. The van der Waals surface area contributed by atoms with E-state index in [2.05, 4.69) is 78.2 Å². The Labute approximate surface area is 147 Å². The molecule has 1 N–H and O–H groups in total. The van der Waals surface area contributed by atoms with Crippen LogP contribution in [0.25, 0.3) is 0 Å². The second-order valence-corrected chi connectivity index (χ2v) is 8.51. The van der Waals surface area contributed by atoms with Crippen LogP contribution in [0.1, 0.15) is 23.4 Å². The van der Waals surface area contributed by atoms with E-state index in [-0.39, 0.29) is 6.04 Å². The van der Waals surface area contributed by atoms with Gasteiger partial charge < -0.3 is 5.32 Å². The van der Waals surface area contributed by atoms with Gasteiger partial charge in [-0.25, -0.2) is 0 Å². The number of benzene rings is 1. The van der Waals surface area contributed by atoms with E-state index >= 15 is 0 Å². The molecule has 1 aromatic heterocycles. The molecule has 1 unspecified atom stereocenters. The third-order valence-electron chi connectivity index (χ3n) is 2.63. The Bertz CT molecular complexity index is 566. The molecule has 0 saturated heterocycles. The van der Waals surface area contributed by atoms with Crippen molar-refractivity contribution in [3.63, 3.8) is 0 Å². The lowest BCUT2D eigenvalue weighted by Gasteiger charge is -2.18. The topological polar surface area (TPSA) is 12.0 Å². The molecule has 0 saturated carbocycles. The van der Waals surface area contributed by atoms with E-state index < -0.39 is 0 Å². The minimum Gasteiger partial charge on any atom is -0.306 e. The normalized spacial score (nSPS) is 12.7. The summed E-state index contributed by atoms with van der Waals surface area (Å²) >= 11 is 18.4. The summed E-state index contributed by atoms with van der Waals surface area (Å²) in [4.78, 5) is 1.20. The van der Waals surface area contributed by atoms with Crippen molar-refractivity contribution in [2.45, 2.75) is 13.0 Å². The minimum absolute atomic E-state index is 0.140. The molecule has 0 radical (unpaired) electrons. The Hall–Kier alpha value is 0.610. The van der Waals surface area contributed by atoms with Gasteiger partial charge in [0, 0.05) is 13.8 Å². The standard InChI is InChI=1S/C13H11Br3ClNS/c1-2-18-12(11-6-10(17)13(16)19-11)8-4-3-7(14)5-9(8)15/h3-6,12,18H,2H2,1H3. The van der Waals surface area contributed by atoms with Gasteiger partial charge in [0.25, 0.3) is 0 Å². The summed E-state index contributed by atoms with van der Waals surface area (Å²) in [5.41, 5.74) is 1.20. The van der Waals surface area contributed by atoms with Crippen molar-refractivity contribution in [2.24, 2.45) is 0 Å². The summed E-state index contributed by atoms with van der Waals surface area (Å²) in [5.74, 6) is 0. The van der Waals surface area contributed by atoms with Crippen LogP contribution in [-0.4, -0.2) is 6.54 Å². The first-order valence-electron chi connectivity index (χ1n) is 5.66. The molecule has 0 bridgehead atoms. The van der Waals surface area contributed by atoms with Crippen LogP contribution in [0, 0.1) is 0 Å². The first-order valence-corrected chi connectivity index (χ1v) is 9.23. The Morgan fingerprint density at radius 3 is 2.53 bits per heavy atom. The largest absolute Gasteiger partial charge is 0.306 e. The quantitative estimate of drug-likeness (QED) is 0.526. The second-order valence-electron chi connectivity index (χ2n) is 3.93. The molecule has 0 aliphatic rings. The molecular formula is C13H11Br3ClNS. The lowest BCUT2D eigenvalue weighted by Crippen LogP contribution is -2.21. The highest BCUT2D eigenvalue weighted by Crippen LogP contribution is 2.39. The monoisotopic (exact) mass is 485 g/mol. The number of halogens is 4. The summed E-state index contributed by atoms with van der Waals surface area (Å²) in [7, 11) is 0. The van der Waals surface area contributed by atoms with Crippen LogP contribution in [0.4, 0.5) is 0 Å². The van der Waals surface area contributed by atoms with Gasteiger partial charge in [-0.2, -0.15) is 0 Å². The Morgan fingerprint density at radius 1 is 1.26 bits per heavy atom. The fraction of sp³-hybridized carbons (Fsp3) is 0.231. The average molecular weight is 488 g/mol. The lowest BCUT2D eigenvalue weighted by molar-refractivity contribution is 0.637. The molecule has 1 atom stereocenters. The van der Waals surface area contributed by atoms with Gasteiger partial charge in [0.2, 0.25) is 0 Å². The highest BCUT2D eigenvalue weighted by molar-refractivity contribution is 9.11. The van der Waals surface area contributed by atoms with Gasteiger partial charge >= 0.3 is 0 Å². The number of nitrogens with one attached hydrogen (secondary N) is 1. The molecule has 0 fully saturated rings. The maximum atomic E-state index is 6.14. The Morgan fingerprint density at radius 2 is 2.00 bits per heavy atom. The molecule has 1 aromatic carbocycles. The predicted octanol–water partition coefficient (Wildman–Crippen LogP) is 6.39. The summed E-state index contributed by atoms with van der Waals surface area (Å²) in [6.07, 6.45) is 0. The van der Waals surface area contributed by atoms with Crippen LogP contribution in [0.3, 0.4) is 0 Å². The lowest BCUT2D eigenvalue weighted by atomic mass is 10.1. The Balaban J connectivity index is 2.44. The maximum Gasteiger partial charge on any atom is 0.0888 e. The highest BCUT2D eigenvalue weighted by atomic mass is 79.9. The number of thiophene rings is 1. The van der Waals surface area contributed by atoms with Crippen LogP contribution in [0.2, 0.25) is 5.02 Å². The van der Waals surface area contributed by atoms with E-state index in [4.69, 9.17) is 11.6 Å². The van der Waals surface area contributed by atoms with Gasteiger partial charge in [-0.05, 0) is 46.2 Å². The van der Waals surface area contributed by atoms with Crippen LogP contribution in [0.15, 0.2) is 37.0 Å². The van der Waals surface area contributed by atoms with Gasteiger partial charge in [0.15, 0.2) is 0 Å². The molecule has 0 aliphatic carbocycles. The first-order chi connectivity index (χ1) is 9.02. The van der Waals surface area contributed by atoms with Crippen molar-refractivity contribution in [2.75, 3.05) is 6.54 Å². The molecule has 2 aromatic rings. The predicted molar refractivity (Wildman–Crippen MR) is 94.4 cm³/mol. The number of rotatable bonds is 4. The van der Waals surface area contributed by atoms with Crippen molar-refractivity contribution >= 4 is 70.7 Å². The van der Waals surface area contributed by atoms with E-state index in [9.17, 15) is 0 Å². The van der Waals surface area contributed by atoms with Crippen LogP contribution < -0.4 is 5.32 Å². The molecule has 102 valence electrons. The molecular weight excluding hydrogens is 477 g/mol. The van der Waals surface area contributed by atoms with E-state index in [1.165, 1.54) is 10.4 Å². The van der Waals surface area contributed by atoms with Gasteiger partial charge in [-0.1, -0.05) is 56.5 Å². The molecule has 19 heavy (non-hydrogen) atoms. The molecule has 0 aliphatic heterocycles. The van der Waals surface area contributed by atoms with E-state index in [0.717, 1.165) is 24.3 Å². The van der Waals surface area contributed by atoms with Gasteiger partial charge in [-0.15, -0.1) is 11.3 Å². The molecule has 2 rings (SSSR count). The van der Waals surface area contributed by atoms with Gasteiger partial charge in [0.05, 0.1) is 14.9 Å². The van der Waals surface area contributed by atoms with Crippen LogP contribution >= 0.6 is 70.7 Å².